The summed E-state index contributed by atoms with van der Waals surface area (Å²) in [4.78, 5) is 20.7. The number of rotatable bonds is 9. The summed E-state index contributed by atoms with van der Waals surface area (Å²) in [6, 6.07) is 7.49. The molecule has 0 bridgehead atoms. The molecule has 1 aromatic carbocycles. The topological polar surface area (TPSA) is 165 Å². The average Bonchev–Trinajstić information content (AvgIpc) is 3.43. The molecule has 4 aromatic rings. The Hall–Kier alpha value is -4.10. The third-order valence-electron chi connectivity index (χ3n) is 4.95. The van der Waals surface area contributed by atoms with Crippen molar-refractivity contribution in [1.29, 1.82) is 0 Å². The number of benzene rings is 1. The maximum absolute atomic E-state index is 11.9. The summed E-state index contributed by atoms with van der Waals surface area (Å²) in [6.07, 6.45) is 4.09. The number of aryl methyl sites for hydroxylation is 1. The normalized spacial score (nSPS) is 11.7. The Morgan fingerprint density at radius 2 is 1.94 bits per heavy atom. The zero-order valence-corrected chi connectivity index (χ0v) is 20.3. The van der Waals surface area contributed by atoms with Gasteiger partial charge >= 0.3 is 6.09 Å². The highest BCUT2D eigenvalue weighted by molar-refractivity contribution is 5.72. The lowest BCUT2D eigenvalue weighted by molar-refractivity contribution is -0.0469. The van der Waals surface area contributed by atoms with Gasteiger partial charge in [0, 0.05) is 19.3 Å². The van der Waals surface area contributed by atoms with Crippen molar-refractivity contribution < 1.29 is 19.7 Å². The van der Waals surface area contributed by atoms with Crippen molar-refractivity contribution in [3.8, 4) is 5.69 Å². The molecule has 4 rings (SSSR count). The monoisotopic (exact) mass is 495 g/mol. The minimum absolute atomic E-state index is 0.278. The number of aliphatic hydroxyl groups excluding tert-OH is 1. The van der Waals surface area contributed by atoms with E-state index in [-0.39, 0.29) is 6.42 Å². The quantitative estimate of drug-likeness (QED) is 0.253. The molecule has 13 heteroatoms. The van der Waals surface area contributed by atoms with Crippen molar-refractivity contribution in [2.45, 2.75) is 58.6 Å². The van der Waals surface area contributed by atoms with Gasteiger partial charge in [-0.3, -0.25) is 4.68 Å². The molecule has 0 aliphatic heterocycles. The molecule has 0 atom stereocenters. The molecule has 0 aliphatic carbocycles. The molecule has 0 fully saturated rings. The number of anilines is 2. The Morgan fingerprint density at radius 1 is 1.17 bits per heavy atom. The molecule has 36 heavy (non-hydrogen) atoms. The Bertz CT molecular complexity index is 1310. The van der Waals surface area contributed by atoms with Crippen LogP contribution in [-0.2, 0) is 17.8 Å². The van der Waals surface area contributed by atoms with Gasteiger partial charge < -0.3 is 25.6 Å². The molecule has 4 N–H and O–H groups in total. The van der Waals surface area contributed by atoms with Gasteiger partial charge in [-0.2, -0.15) is 14.8 Å². The summed E-state index contributed by atoms with van der Waals surface area (Å²) in [6.45, 7) is 6.33. The smallest absolute Gasteiger partial charge is 0.407 e. The van der Waals surface area contributed by atoms with E-state index in [1.165, 1.54) is 0 Å². The van der Waals surface area contributed by atoms with Crippen LogP contribution in [0.1, 0.15) is 39.2 Å². The molecule has 1 amide bonds. The fourth-order valence-corrected chi connectivity index (χ4v) is 3.32. The highest BCUT2D eigenvalue weighted by atomic mass is 16.6. The third-order valence-corrected chi connectivity index (χ3v) is 4.95. The standard InChI is InChI=1S/C23H29N9O4/c1-23(2,3)36-22(35)25-11-15-6-8-17(9-7-15)32-20-18(29-30-32)13-24-21(28-20)27-16-12-26-31(14-16)10-4-5-19(33)34/h6-9,12-14,19,33-34H,4-5,10-11H2,1-3H3,(H,25,35)(H,24,27,28). The maximum Gasteiger partial charge on any atom is 0.407 e. The zero-order chi connectivity index (χ0) is 25.7. The Morgan fingerprint density at radius 3 is 2.67 bits per heavy atom. The van der Waals surface area contributed by atoms with Gasteiger partial charge in [0.05, 0.1) is 23.8 Å². The fraction of sp³-hybridized carbons (Fsp3) is 0.391. The van der Waals surface area contributed by atoms with Crippen LogP contribution in [-0.4, -0.2) is 62.9 Å². The zero-order valence-electron chi connectivity index (χ0n) is 20.3. The van der Waals surface area contributed by atoms with Crippen LogP contribution in [0.15, 0.2) is 42.9 Å². The predicted octanol–water partition coefficient (Wildman–Crippen LogP) is 2.27. The first kappa shape index (κ1) is 25.0. The summed E-state index contributed by atoms with van der Waals surface area (Å²) in [5, 5.41) is 36.4. The Labute approximate surface area is 207 Å². The van der Waals surface area contributed by atoms with E-state index in [2.05, 4.69) is 36.0 Å². The second-order valence-corrected chi connectivity index (χ2v) is 9.17. The number of fused-ring (bicyclic) bond motifs is 1. The van der Waals surface area contributed by atoms with Crippen molar-refractivity contribution in [3.63, 3.8) is 0 Å². The van der Waals surface area contributed by atoms with Gasteiger partial charge in [-0.25, -0.2) is 9.78 Å². The van der Waals surface area contributed by atoms with E-state index in [1.54, 1.807) is 28.0 Å². The lowest BCUT2D eigenvalue weighted by Crippen LogP contribution is -2.32. The first-order chi connectivity index (χ1) is 17.2. The van der Waals surface area contributed by atoms with Crippen LogP contribution in [0.5, 0.6) is 0 Å². The highest BCUT2D eigenvalue weighted by Gasteiger charge is 2.16. The summed E-state index contributed by atoms with van der Waals surface area (Å²) >= 11 is 0. The van der Waals surface area contributed by atoms with Crippen LogP contribution >= 0.6 is 0 Å². The molecule has 190 valence electrons. The molecule has 0 unspecified atom stereocenters. The van der Waals surface area contributed by atoms with Gasteiger partial charge in [-0.15, -0.1) is 5.10 Å². The molecule has 3 aromatic heterocycles. The first-order valence-corrected chi connectivity index (χ1v) is 11.5. The molecular weight excluding hydrogens is 466 g/mol. The van der Waals surface area contributed by atoms with E-state index in [1.807, 2.05) is 45.0 Å². The molecule has 13 nitrogen and oxygen atoms in total. The number of hydrogen-bond acceptors (Lipinski definition) is 10. The lowest BCUT2D eigenvalue weighted by Gasteiger charge is -2.19. The van der Waals surface area contributed by atoms with E-state index in [0.717, 1.165) is 11.3 Å². The summed E-state index contributed by atoms with van der Waals surface area (Å²) < 4.78 is 8.57. The van der Waals surface area contributed by atoms with Gasteiger partial charge in [-0.1, -0.05) is 17.3 Å². The molecular formula is C23H29N9O4. The molecule has 0 saturated heterocycles. The fourth-order valence-electron chi connectivity index (χ4n) is 3.32. The minimum atomic E-state index is -1.32. The largest absolute Gasteiger partial charge is 0.444 e. The van der Waals surface area contributed by atoms with Crippen LogP contribution in [0.2, 0.25) is 0 Å². The number of alkyl carbamates (subject to hydrolysis) is 1. The van der Waals surface area contributed by atoms with E-state index in [4.69, 9.17) is 14.9 Å². The number of aliphatic hydroxyl groups is 2. The number of nitrogens with zero attached hydrogens (tertiary/aromatic N) is 7. The number of hydrogen-bond donors (Lipinski definition) is 4. The first-order valence-electron chi connectivity index (χ1n) is 11.5. The van der Waals surface area contributed by atoms with Crippen LogP contribution in [0.25, 0.3) is 16.9 Å². The predicted molar refractivity (Wildman–Crippen MR) is 130 cm³/mol. The number of aromatic nitrogens is 7. The van der Waals surface area contributed by atoms with Crippen molar-refractivity contribution in [2.24, 2.45) is 0 Å². The molecule has 0 radical (unpaired) electrons. The molecule has 0 spiro atoms. The summed E-state index contributed by atoms with van der Waals surface area (Å²) in [5.74, 6) is 0.356. The van der Waals surface area contributed by atoms with Gasteiger partial charge in [-0.05, 0) is 51.3 Å². The number of nitrogens with one attached hydrogen (secondary N) is 2. The van der Waals surface area contributed by atoms with Crippen LogP contribution in [0.4, 0.5) is 16.4 Å². The average molecular weight is 496 g/mol. The number of amides is 1. The minimum Gasteiger partial charge on any atom is -0.444 e. The van der Waals surface area contributed by atoms with E-state index in [9.17, 15) is 4.79 Å². The Kier molecular flexibility index (Phi) is 7.41. The number of ether oxygens (including phenoxy) is 1. The van der Waals surface area contributed by atoms with Crippen molar-refractivity contribution in [2.75, 3.05) is 5.32 Å². The van der Waals surface area contributed by atoms with Gasteiger partial charge in [0.15, 0.2) is 17.5 Å². The summed E-state index contributed by atoms with van der Waals surface area (Å²) in [7, 11) is 0. The highest BCUT2D eigenvalue weighted by Crippen LogP contribution is 2.18. The van der Waals surface area contributed by atoms with Gasteiger partial charge in [0.2, 0.25) is 5.95 Å². The third kappa shape index (κ3) is 6.73. The van der Waals surface area contributed by atoms with Crippen molar-refractivity contribution >= 4 is 28.9 Å². The van der Waals surface area contributed by atoms with Crippen LogP contribution < -0.4 is 10.6 Å². The SMILES string of the molecule is CC(C)(C)OC(=O)NCc1ccc(-n2nnc3cnc(Nc4cnn(CCCC(O)O)c4)nc32)cc1. The summed E-state index contributed by atoms with van der Waals surface area (Å²) in [5.41, 5.74) is 2.85. The van der Waals surface area contributed by atoms with Crippen molar-refractivity contribution in [1.82, 2.24) is 40.1 Å². The van der Waals surface area contributed by atoms with Crippen molar-refractivity contribution in [3.05, 3.63) is 48.4 Å². The van der Waals surface area contributed by atoms with Crippen LogP contribution in [0, 0.1) is 0 Å². The van der Waals surface area contributed by atoms with Gasteiger partial charge in [0.1, 0.15) is 5.60 Å². The second-order valence-electron chi connectivity index (χ2n) is 9.17. The second kappa shape index (κ2) is 10.7. The molecule has 3 heterocycles. The maximum atomic E-state index is 11.9. The number of carbonyl (C=O) groups excluding carboxylic acids is 1. The number of carbonyl (C=O) groups is 1. The van der Waals surface area contributed by atoms with Crippen LogP contribution in [0.3, 0.4) is 0 Å². The lowest BCUT2D eigenvalue weighted by atomic mass is 10.2. The van der Waals surface area contributed by atoms with E-state index in [0.29, 0.717) is 42.3 Å². The van der Waals surface area contributed by atoms with E-state index < -0.39 is 18.0 Å². The van der Waals surface area contributed by atoms with E-state index >= 15 is 0 Å². The van der Waals surface area contributed by atoms with Gasteiger partial charge in [0.25, 0.3) is 0 Å². The molecule has 0 saturated carbocycles. The Balaban J connectivity index is 1.42. The molecule has 0 aliphatic rings.